The molecule has 3 amide bonds. The molecule has 0 saturated heterocycles. The summed E-state index contributed by atoms with van der Waals surface area (Å²) in [7, 11) is -2.27. The molecule has 26 heavy (non-hydrogen) atoms. The summed E-state index contributed by atoms with van der Waals surface area (Å²) < 4.78 is 27.3. The number of carbonyl (C=O) groups is 2. The van der Waals surface area contributed by atoms with Crippen LogP contribution in [0.4, 0.5) is 10.5 Å². The molecule has 138 valence electrons. The maximum absolute atomic E-state index is 11.9. The number of hydrogen-bond donors (Lipinski definition) is 5. The van der Waals surface area contributed by atoms with Crippen LogP contribution in [0, 0.1) is 0 Å². The van der Waals surface area contributed by atoms with Crippen LogP contribution in [-0.2, 0) is 10.0 Å². The average molecular weight is 379 g/mol. The molecular weight excluding hydrogens is 362 g/mol. The van der Waals surface area contributed by atoms with E-state index in [1.165, 1.54) is 43.5 Å². The van der Waals surface area contributed by atoms with E-state index in [0.717, 1.165) is 0 Å². The molecule has 2 aromatic carbocycles. The van der Waals surface area contributed by atoms with Gasteiger partial charge in [-0.15, -0.1) is 5.53 Å². The van der Waals surface area contributed by atoms with Crippen molar-refractivity contribution in [2.45, 2.75) is 4.90 Å². The Balaban J connectivity index is 1.80. The number of sulfonamides is 1. The van der Waals surface area contributed by atoms with E-state index in [-0.39, 0.29) is 10.5 Å². The molecule has 0 saturated carbocycles. The summed E-state index contributed by atoms with van der Waals surface area (Å²) in [6.07, 6.45) is 0. The van der Waals surface area contributed by atoms with Crippen LogP contribution < -0.4 is 31.6 Å². The Morgan fingerprint density at radius 1 is 1.00 bits per heavy atom. The van der Waals surface area contributed by atoms with Crippen LogP contribution in [0.1, 0.15) is 10.4 Å². The van der Waals surface area contributed by atoms with E-state index < -0.39 is 22.0 Å². The highest BCUT2D eigenvalue weighted by Gasteiger charge is 2.10. The van der Waals surface area contributed by atoms with Crippen molar-refractivity contribution < 1.29 is 22.7 Å². The third kappa shape index (κ3) is 5.44. The predicted molar refractivity (Wildman–Crippen MR) is 93.6 cm³/mol. The molecule has 0 spiro atoms. The van der Waals surface area contributed by atoms with Gasteiger partial charge in [-0.3, -0.25) is 15.5 Å². The zero-order chi connectivity index (χ0) is 19.2. The van der Waals surface area contributed by atoms with Crippen LogP contribution >= 0.6 is 0 Å². The minimum Gasteiger partial charge on any atom is -0.497 e. The Morgan fingerprint density at radius 3 is 2.15 bits per heavy atom. The quantitative estimate of drug-likeness (QED) is 0.453. The lowest BCUT2D eigenvalue weighted by molar-refractivity contribution is 0.0963. The number of benzene rings is 2. The highest BCUT2D eigenvalue weighted by Crippen LogP contribution is 2.12. The van der Waals surface area contributed by atoms with Crippen molar-refractivity contribution in [1.82, 2.24) is 16.3 Å². The summed E-state index contributed by atoms with van der Waals surface area (Å²) in [6, 6.07) is 10.9. The second kappa shape index (κ2) is 8.29. The normalized spacial score (nSPS) is 10.7. The molecule has 0 aliphatic carbocycles. The van der Waals surface area contributed by atoms with Crippen LogP contribution in [0.2, 0.25) is 0 Å². The van der Waals surface area contributed by atoms with Crippen LogP contribution in [0.5, 0.6) is 5.75 Å². The zero-order valence-electron chi connectivity index (χ0n) is 13.6. The van der Waals surface area contributed by atoms with Crippen molar-refractivity contribution in [3.63, 3.8) is 0 Å². The topological polar surface area (TPSA) is 152 Å². The predicted octanol–water partition coefficient (Wildman–Crippen LogP) is 0.314. The van der Waals surface area contributed by atoms with Gasteiger partial charge in [0.1, 0.15) is 5.75 Å². The van der Waals surface area contributed by atoms with Gasteiger partial charge in [0, 0.05) is 5.56 Å². The molecule has 2 aromatic rings. The molecule has 0 fully saturated rings. The van der Waals surface area contributed by atoms with E-state index in [4.69, 9.17) is 9.88 Å². The minimum absolute atomic E-state index is 0.0427. The van der Waals surface area contributed by atoms with Crippen LogP contribution in [0.3, 0.4) is 0 Å². The maximum Gasteiger partial charge on any atom is 0.337 e. The van der Waals surface area contributed by atoms with Gasteiger partial charge in [-0.2, -0.15) is 0 Å². The standard InChI is InChI=1S/C15H17N5O5S/c1-25-12-6-2-10(3-7-12)14(21)17-15(22)19-20-18-11-4-8-13(9-5-11)26(16,23)24/h2-9,18,20H,1H3,(H2,16,23,24)(H2,17,19,21,22). The number of ether oxygens (including phenoxy) is 1. The summed E-state index contributed by atoms with van der Waals surface area (Å²) in [4.78, 5) is 23.5. The molecule has 0 aromatic heterocycles. The second-order valence-electron chi connectivity index (χ2n) is 4.96. The van der Waals surface area contributed by atoms with Crippen molar-refractivity contribution in [3.8, 4) is 5.75 Å². The number of hydrazine groups is 2. The number of carbonyl (C=O) groups excluding carboxylic acids is 2. The Kier molecular flexibility index (Phi) is 6.11. The summed E-state index contributed by atoms with van der Waals surface area (Å²) in [5, 5.41) is 7.11. The Labute approximate surface area is 149 Å². The van der Waals surface area contributed by atoms with Gasteiger partial charge in [-0.25, -0.2) is 18.4 Å². The molecule has 6 N–H and O–H groups in total. The molecule has 0 heterocycles. The smallest absolute Gasteiger partial charge is 0.337 e. The van der Waals surface area contributed by atoms with Gasteiger partial charge in [0.2, 0.25) is 10.0 Å². The van der Waals surface area contributed by atoms with Crippen molar-refractivity contribution in [2.75, 3.05) is 12.5 Å². The lowest BCUT2D eigenvalue weighted by Gasteiger charge is -2.11. The largest absolute Gasteiger partial charge is 0.497 e. The lowest BCUT2D eigenvalue weighted by atomic mass is 10.2. The summed E-state index contributed by atoms with van der Waals surface area (Å²) in [5.74, 6) is -0.00483. The molecule has 0 aliphatic heterocycles. The number of hydrogen-bond acceptors (Lipinski definition) is 7. The number of urea groups is 1. The summed E-state index contributed by atoms with van der Waals surface area (Å²) >= 11 is 0. The van der Waals surface area contributed by atoms with Crippen LogP contribution in [0.25, 0.3) is 0 Å². The summed E-state index contributed by atoms with van der Waals surface area (Å²) in [5.41, 5.74) is 7.91. The Morgan fingerprint density at radius 2 is 1.62 bits per heavy atom. The molecule has 0 bridgehead atoms. The van der Waals surface area contributed by atoms with Gasteiger partial charge in [0.25, 0.3) is 5.91 Å². The maximum atomic E-state index is 11.9. The van der Waals surface area contributed by atoms with E-state index in [1.807, 2.05) is 0 Å². The van der Waals surface area contributed by atoms with Gasteiger partial charge in [-0.1, -0.05) is 0 Å². The molecule has 11 heteroatoms. The number of imide groups is 1. The molecule has 0 atom stereocenters. The first-order valence-corrected chi connectivity index (χ1v) is 8.73. The number of anilines is 1. The van der Waals surface area contributed by atoms with Crippen molar-refractivity contribution in [3.05, 3.63) is 54.1 Å². The van der Waals surface area contributed by atoms with Gasteiger partial charge in [0.05, 0.1) is 17.7 Å². The molecule has 2 rings (SSSR count). The van der Waals surface area contributed by atoms with Crippen molar-refractivity contribution >= 4 is 27.6 Å². The van der Waals surface area contributed by atoms with Crippen molar-refractivity contribution in [2.24, 2.45) is 5.14 Å². The third-order valence-corrected chi connectivity index (χ3v) is 4.07. The summed E-state index contributed by atoms with van der Waals surface area (Å²) in [6.45, 7) is 0. The minimum atomic E-state index is -3.77. The number of rotatable bonds is 6. The highest BCUT2D eigenvalue weighted by molar-refractivity contribution is 7.89. The monoisotopic (exact) mass is 379 g/mol. The first-order valence-electron chi connectivity index (χ1n) is 7.19. The number of amides is 3. The zero-order valence-corrected chi connectivity index (χ0v) is 14.5. The number of nitrogens with one attached hydrogen (secondary N) is 4. The van der Waals surface area contributed by atoms with E-state index >= 15 is 0 Å². The molecular formula is C15H17N5O5S. The Bertz CT molecular complexity index is 882. The average Bonchev–Trinajstić information content (AvgIpc) is 2.61. The molecule has 0 aliphatic rings. The molecule has 10 nitrogen and oxygen atoms in total. The van der Waals surface area contributed by atoms with Crippen LogP contribution in [-0.4, -0.2) is 27.5 Å². The fourth-order valence-corrected chi connectivity index (χ4v) is 2.35. The molecule has 0 unspecified atom stereocenters. The van der Waals surface area contributed by atoms with Crippen LogP contribution in [0.15, 0.2) is 53.4 Å². The fourth-order valence-electron chi connectivity index (χ4n) is 1.84. The van der Waals surface area contributed by atoms with E-state index in [1.54, 1.807) is 12.1 Å². The SMILES string of the molecule is COc1ccc(C(=O)NC(=O)NNNc2ccc(S(N)(=O)=O)cc2)cc1. The van der Waals surface area contributed by atoms with Gasteiger partial charge < -0.3 is 10.2 Å². The van der Waals surface area contributed by atoms with Gasteiger partial charge >= 0.3 is 6.03 Å². The first-order chi connectivity index (χ1) is 12.3. The van der Waals surface area contributed by atoms with Gasteiger partial charge in [-0.05, 0) is 48.5 Å². The third-order valence-electron chi connectivity index (χ3n) is 3.14. The van der Waals surface area contributed by atoms with E-state index in [9.17, 15) is 18.0 Å². The van der Waals surface area contributed by atoms with E-state index in [2.05, 4.69) is 21.7 Å². The second-order valence-corrected chi connectivity index (χ2v) is 6.52. The Hall–Kier alpha value is -3.15. The fraction of sp³-hybridized carbons (Fsp3) is 0.0667. The number of nitrogens with two attached hydrogens (primary N) is 1. The number of methoxy groups -OCH3 is 1. The first kappa shape index (κ1) is 19.2. The lowest BCUT2D eigenvalue weighted by Crippen LogP contribution is -2.48. The highest BCUT2D eigenvalue weighted by atomic mass is 32.2. The van der Waals surface area contributed by atoms with Crippen molar-refractivity contribution in [1.29, 1.82) is 0 Å². The van der Waals surface area contributed by atoms with Gasteiger partial charge in [0.15, 0.2) is 0 Å². The van der Waals surface area contributed by atoms with E-state index in [0.29, 0.717) is 11.4 Å². The molecule has 0 radical (unpaired) electrons. The number of primary sulfonamides is 1.